The monoisotopic (exact) mass is 183 g/mol. The van der Waals surface area contributed by atoms with Crippen LogP contribution >= 0.6 is 0 Å². The van der Waals surface area contributed by atoms with Gasteiger partial charge in [-0.2, -0.15) is 5.06 Å². The van der Waals surface area contributed by atoms with Crippen LogP contribution < -0.4 is 0 Å². The molecule has 74 valence electrons. The molecule has 2 fully saturated rings. The highest BCUT2D eigenvalue weighted by molar-refractivity contribution is 5.83. The van der Waals surface area contributed by atoms with E-state index >= 15 is 0 Å². The molecule has 0 bridgehead atoms. The third-order valence-corrected chi connectivity index (χ3v) is 3.07. The van der Waals surface area contributed by atoms with Crippen LogP contribution in [0.1, 0.15) is 38.5 Å². The minimum Gasteiger partial charge on any atom is -0.314 e. The summed E-state index contributed by atoms with van der Waals surface area (Å²) in [5.74, 6) is 0.710. The molecular weight excluding hydrogens is 166 g/mol. The van der Waals surface area contributed by atoms with Gasteiger partial charge in [0.15, 0.2) is 0 Å². The van der Waals surface area contributed by atoms with Gasteiger partial charge in [0.1, 0.15) is 5.78 Å². The Morgan fingerprint density at radius 2 is 2.08 bits per heavy atom. The topological polar surface area (TPSA) is 40.5 Å². The predicted octanol–water partition coefficient (Wildman–Crippen LogP) is 1.60. The molecule has 13 heavy (non-hydrogen) atoms. The first kappa shape index (κ1) is 9.16. The Morgan fingerprint density at radius 1 is 1.31 bits per heavy atom. The summed E-state index contributed by atoms with van der Waals surface area (Å²) in [5, 5.41) is 10.9. The Hall–Kier alpha value is -0.410. The van der Waals surface area contributed by atoms with Gasteiger partial charge in [0.05, 0.1) is 0 Å². The van der Waals surface area contributed by atoms with E-state index in [4.69, 9.17) is 0 Å². The lowest BCUT2D eigenvalue weighted by atomic mass is 9.98. The number of hydrogen-bond donors (Lipinski definition) is 1. The summed E-state index contributed by atoms with van der Waals surface area (Å²) in [6, 6.07) is 0.113. The van der Waals surface area contributed by atoms with Gasteiger partial charge in [-0.15, -0.1) is 0 Å². The third-order valence-electron chi connectivity index (χ3n) is 3.07. The quantitative estimate of drug-likeness (QED) is 0.722. The van der Waals surface area contributed by atoms with Crippen LogP contribution in [0.3, 0.4) is 0 Å². The molecule has 0 unspecified atom stereocenters. The molecule has 1 N–H and O–H groups in total. The largest absolute Gasteiger partial charge is 0.314 e. The molecule has 1 aliphatic carbocycles. The lowest BCUT2D eigenvalue weighted by molar-refractivity contribution is -0.151. The van der Waals surface area contributed by atoms with Crippen LogP contribution in [0, 0.1) is 5.92 Å². The molecule has 3 heteroatoms. The molecule has 1 atom stereocenters. The van der Waals surface area contributed by atoms with Crippen LogP contribution in [0.25, 0.3) is 0 Å². The fourth-order valence-corrected chi connectivity index (χ4v) is 2.00. The van der Waals surface area contributed by atoms with Crippen molar-refractivity contribution in [3.05, 3.63) is 0 Å². The lowest BCUT2D eigenvalue weighted by Crippen LogP contribution is -2.38. The number of Topliss-reactive ketones (excluding diaryl/α,β-unsaturated/α-hetero) is 1. The number of hydroxylamine groups is 2. The van der Waals surface area contributed by atoms with E-state index in [-0.39, 0.29) is 6.04 Å². The molecule has 1 heterocycles. The van der Waals surface area contributed by atoms with Crippen LogP contribution in [0.5, 0.6) is 0 Å². The maximum absolute atomic E-state index is 11.5. The highest BCUT2D eigenvalue weighted by Crippen LogP contribution is 2.32. The number of carbonyl (C=O) groups excluding carboxylic acids is 1. The number of nitrogens with zero attached hydrogens (tertiary/aromatic N) is 1. The van der Waals surface area contributed by atoms with E-state index in [1.165, 1.54) is 5.06 Å². The van der Waals surface area contributed by atoms with Gasteiger partial charge >= 0.3 is 0 Å². The van der Waals surface area contributed by atoms with Crippen molar-refractivity contribution >= 4 is 5.78 Å². The Morgan fingerprint density at radius 3 is 2.69 bits per heavy atom. The smallest absolute Gasteiger partial charge is 0.137 e. The number of piperidine rings is 1. The zero-order valence-electron chi connectivity index (χ0n) is 7.91. The molecule has 0 amide bonds. The first-order valence-electron chi connectivity index (χ1n) is 5.25. The van der Waals surface area contributed by atoms with Gasteiger partial charge in [-0.1, -0.05) is 6.42 Å². The minimum atomic E-state index is 0.113. The highest BCUT2D eigenvalue weighted by Gasteiger charge is 2.32. The highest BCUT2D eigenvalue weighted by atomic mass is 16.5. The summed E-state index contributed by atoms with van der Waals surface area (Å²) < 4.78 is 0. The summed E-state index contributed by atoms with van der Waals surface area (Å²) in [4.78, 5) is 11.5. The molecule has 3 nitrogen and oxygen atoms in total. The van der Waals surface area contributed by atoms with Crippen molar-refractivity contribution in [1.29, 1.82) is 0 Å². The molecule has 0 aromatic carbocycles. The summed E-state index contributed by atoms with van der Waals surface area (Å²) in [6.45, 7) is 0.739. The molecule has 2 rings (SSSR count). The fraction of sp³-hybridized carbons (Fsp3) is 0.900. The van der Waals surface area contributed by atoms with E-state index in [1.54, 1.807) is 0 Å². The van der Waals surface area contributed by atoms with Gasteiger partial charge in [0.25, 0.3) is 0 Å². The summed E-state index contributed by atoms with van der Waals surface area (Å²) in [7, 11) is 0. The van der Waals surface area contributed by atoms with E-state index in [0.717, 1.165) is 38.6 Å². The van der Waals surface area contributed by atoms with Gasteiger partial charge in [0.2, 0.25) is 0 Å². The summed E-state index contributed by atoms with van der Waals surface area (Å²) >= 11 is 0. The second-order valence-electron chi connectivity index (χ2n) is 4.26. The number of ketones is 1. The van der Waals surface area contributed by atoms with E-state index < -0.39 is 0 Å². The maximum atomic E-state index is 11.5. The summed E-state index contributed by atoms with van der Waals surface area (Å²) in [5.41, 5.74) is 0. The van der Waals surface area contributed by atoms with Crippen molar-refractivity contribution in [3.63, 3.8) is 0 Å². The maximum Gasteiger partial charge on any atom is 0.137 e. The number of rotatable bonds is 3. The Bertz CT molecular complexity index is 201. The van der Waals surface area contributed by atoms with Crippen LogP contribution in [-0.4, -0.2) is 28.6 Å². The normalized spacial score (nSPS) is 30.4. The molecule has 1 saturated carbocycles. The Balaban J connectivity index is 1.81. The van der Waals surface area contributed by atoms with E-state index in [1.807, 2.05) is 0 Å². The van der Waals surface area contributed by atoms with Gasteiger partial charge in [-0.05, 0) is 25.7 Å². The van der Waals surface area contributed by atoms with Crippen molar-refractivity contribution in [2.75, 3.05) is 6.54 Å². The second kappa shape index (κ2) is 3.76. The average Bonchev–Trinajstić information content (AvgIpc) is 2.91. The van der Waals surface area contributed by atoms with Gasteiger partial charge in [-0.3, -0.25) is 4.79 Å². The molecule has 1 saturated heterocycles. The Kier molecular flexibility index (Phi) is 2.65. The van der Waals surface area contributed by atoms with Crippen LogP contribution in [0.15, 0.2) is 0 Å². The van der Waals surface area contributed by atoms with Gasteiger partial charge in [-0.25, -0.2) is 0 Å². The molecule has 0 spiro atoms. The molecule has 2 aliphatic rings. The van der Waals surface area contributed by atoms with E-state index in [2.05, 4.69) is 0 Å². The van der Waals surface area contributed by atoms with Crippen molar-refractivity contribution < 1.29 is 10.0 Å². The Labute approximate surface area is 78.7 Å². The van der Waals surface area contributed by atoms with Crippen molar-refractivity contribution in [2.45, 2.75) is 44.6 Å². The summed E-state index contributed by atoms with van der Waals surface area (Å²) in [6.07, 6.45) is 5.92. The predicted molar refractivity (Wildman–Crippen MR) is 48.5 cm³/mol. The SMILES string of the molecule is O=C(C[C@@H]1CCCCN1O)C1CC1. The first-order chi connectivity index (χ1) is 6.27. The van der Waals surface area contributed by atoms with E-state index in [9.17, 15) is 10.0 Å². The van der Waals surface area contributed by atoms with E-state index in [0.29, 0.717) is 18.1 Å². The number of hydrogen-bond acceptors (Lipinski definition) is 3. The first-order valence-corrected chi connectivity index (χ1v) is 5.25. The van der Waals surface area contributed by atoms with Crippen LogP contribution in [0.2, 0.25) is 0 Å². The van der Waals surface area contributed by atoms with Crippen molar-refractivity contribution in [3.8, 4) is 0 Å². The minimum absolute atomic E-state index is 0.113. The van der Waals surface area contributed by atoms with Crippen molar-refractivity contribution in [2.24, 2.45) is 5.92 Å². The molecule has 0 aromatic rings. The zero-order chi connectivity index (χ0) is 9.26. The lowest BCUT2D eigenvalue weighted by Gasteiger charge is -2.29. The molecular formula is C10H17NO2. The average molecular weight is 183 g/mol. The van der Waals surface area contributed by atoms with Crippen LogP contribution in [-0.2, 0) is 4.79 Å². The number of carbonyl (C=O) groups is 1. The fourth-order valence-electron chi connectivity index (χ4n) is 2.00. The molecule has 1 aliphatic heterocycles. The van der Waals surface area contributed by atoms with Crippen LogP contribution in [0.4, 0.5) is 0 Å². The van der Waals surface area contributed by atoms with Crippen molar-refractivity contribution in [1.82, 2.24) is 5.06 Å². The standard InChI is InChI=1S/C10H17NO2/c12-10(8-4-5-8)7-9-3-1-2-6-11(9)13/h8-9,13H,1-7H2/t9-/m0/s1. The molecule has 0 radical (unpaired) electrons. The van der Waals surface area contributed by atoms with Gasteiger partial charge in [0, 0.05) is 24.9 Å². The van der Waals surface area contributed by atoms with Gasteiger partial charge < -0.3 is 5.21 Å². The molecule has 0 aromatic heterocycles. The second-order valence-corrected chi connectivity index (χ2v) is 4.26. The third kappa shape index (κ3) is 2.29. The zero-order valence-corrected chi connectivity index (χ0v) is 7.91.